The molecular weight excluding hydrogens is 575 g/mol. The van der Waals surface area contributed by atoms with E-state index in [0.29, 0.717) is 28.9 Å². The number of phenols is 1. The molecule has 1 amide bonds. The van der Waals surface area contributed by atoms with Crippen molar-refractivity contribution in [1.29, 1.82) is 0 Å². The molecule has 6 rings (SSSR count). The van der Waals surface area contributed by atoms with Crippen molar-refractivity contribution in [3.8, 4) is 5.75 Å². The molecule has 220 valence electrons. The van der Waals surface area contributed by atoms with Gasteiger partial charge in [-0.25, -0.2) is 0 Å². The van der Waals surface area contributed by atoms with E-state index >= 15 is 0 Å². The number of fused-ring (bicyclic) bond motifs is 2. The van der Waals surface area contributed by atoms with Crippen LogP contribution < -0.4 is 0 Å². The lowest BCUT2D eigenvalue weighted by Crippen LogP contribution is -2.53. The van der Waals surface area contributed by atoms with Gasteiger partial charge in [-0.1, -0.05) is 96.0 Å². The minimum atomic E-state index is -0.603. The monoisotopic (exact) mass is 610 g/mol. The summed E-state index contributed by atoms with van der Waals surface area (Å²) in [5.74, 6) is 0.300. The fourth-order valence-electron chi connectivity index (χ4n) is 7.00. The first-order valence-electron chi connectivity index (χ1n) is 14.8. The second kappa shape index (κ2) is 12.2. The summed E-state index contributed by atoms with van der Waals surface area (Å²) in [4.78, 5) is 19.2. The summed E-state index contributed by atoms with van der Waals surface area (Å²) in [7, 11) is 0. The van der Waals surface area contributed by atoms with Gasteiger partial charge < -0.3 is 10.0 Å². The fraction of sp³-hybridized carbons (Fsp3) is 0.270. The highest BCUT2D eigenvalue weighted by atomic mass is 35.5. The number of hydrogen-bond acceptors (Lipinski definition) is 3. The maximum Gasteiger partial charge on any atom is 0.244 e. The molecule has 1 aliphatic carbocycles. The van der Waals surface area contributed by atoms with E-state index in [9.17, 15) is 9.90 Å². The van der Waals surface area contributed by atoms with Crippen LogP contribution >= 0.6 is 23.2 Å². The standard InChI is InChI=1S/C37H36Cl2N2O2/c1-4-33(40-17-16-26-10-7-8-13-30(26)35(40)34-31(38)14-9-15-32(34)39)37(43)41(22-25-18-23(2)36(42)24(3)19-25)29-20-27-11-5-6-12-28(27)21-29/h4-15,18-19,29,33,35,42H,1,16-17,20-22H2,2-3H3/t33-,35+/m0/s1. The Bertz CT molecular complexity index is 1630. The van der Waals surface area contributed by atoms with Gasteiger partial charge in [0.2, 0.25) is 5.91 Å². The van der Waals surface area contributed by atoms with Crippen LogP contribution in [0.15, 0.2) is 91.5 Å². The zero-order chi connectivity index (χ0) is 30.2. The number of rotatable bonds is 7. The Hall–Kier alpha value is -3.57. The number of hydrogen-bond donors (Lipinski definition) is 1. The van der Waals surface area contributed by atoms with E-state index in [2.05, 4.69) is 53.9 Å². The van der Waals surface area contributed by atoms with E-state index < -0.39 is 6.04 Å². The predicted octanol–water partition coefficient (Wildman–Crippen LogP) is 8.01. The lowest BCUT2D eigenvalue weighted by atomic mass is 9.86. The molecule has 0 aromatic heterocycles. The minimum Gasteiger partial charge on any atom is -0.507 e. The Balaban J connectivity index is 1.42. The summed E-state index contributed by atoms with van der Waals surface area (Å²) in [6, 6.07) is 25.4. The topological polar surface area (TPSA) is 43.8 Å². The quantitative estimate of drug-likeness (QED) is 0.215. The highest BCUT2D eigenvalue weighted by Crippen LogP contribution is 2.43. The Morgan fingerprint density at radius 3 is 2.14 bits per heavy atom. The van der Waals surface area contributed by atoms with Crippen molar-refractivity contribution in [3.05, 3.63) is 146 Å². The Kier molecular flexibility index (Phi) is 8.37. The third kappa shape index (κ3) is 5.60. The minimum absolute atomic E-state index is 0.00110. The van der Waals surface area contributed by atoms with Gasteiger partial charge in [0.25, 0.3) is 0 Å². The molecule has 1 heterocycles. The molecule has 2 atom stereocenters. The van der Waals surface area contributed by atoms with E-state index in [0.717, 1.165) is 47.1 Å². The zero-order valence-electron chi connectivity index (χ0n) is 24.6. The van der Waals surface area contributed by atoms with Crippen LogP contribution in [0.1, 0.15) is 50.5 Å². The maximum atomic E-state index is 14.9. The predicted molar refractivity (Wildman–Crippen MR) is 175 cm³/mol. The summed E-state index contributed by atoms with van der Waals surface area (Å²) < 4.78 is 0. The number of halogens is 2. The number of nitrogens with zero attached hydrogens (tertiary/aromatic N) is 2. The number of carbonyl (C=O) groups is 1. The first-order valence-corrected chi connectivity index (χ1v) is 15.6. The van der Waals surface area contributed by atoms with E-state index in [1.807, 2.05) is 55.1 Å². The molecule has 0 fully saturated rings. The molecule has 2 aliphatic rings. The number of aromatic hydroxyl groups is 1. The van der Waals surface area contributed by atoms with Gasteiger partial charge >= 0.3 is 0 Å². The van der Waals surface area contributed by atoms with E-state index in [-0.39, 0.29) is 18.0 Å². The summed E-state index contributed by atoms with van der Waals surface area (Å²) in [5.41, 5.74) is 8.31. The molecule has 0 spiro atoms. The van der Waals surface area contributed by atoms with Gasteiger partial charge in [0.05, 0.1) is 6.04 Å². The summed E-state index contributed by atoms with van der Waals surface area (Å²) in [6.07, 6.45) is 4.17. The van der Waals surface area contributed by atoms with Crippen LogP contribution in [0.3, 0.4) is 0 Å². The van der Waals surface area contributed by atoms with E-state index in [1.165, 1.54) is 16.7 Å². The van der Waals surface area contributed by atoms with Gasteiger partial charge in [0.15, 0.2) is 0 Å². The van der Waals surface area contributed by atoms with Crippen LogP contribution in [0.2, 0.25) is 10.0 Å². The van der Waals surface area contributed by atoms with Gasteiger partial charge in [0.1, 0.15) is 11.8 Å². The molecule has 6 heteroatoms. The van der Waals surface area contributed by atoms with Crippen molar-refractivity contribution in [2.45, 2.75) is 57.8 Å². The number of benzene rings is 4. The van der Waals surface area contributed by atoms with Crippen molar-refractivity contribution in [2.24, 2.45) is 0 Å². The Morgan fingerprint density at radius 1 is 0.953 bits per heavy atom. The van der Waals surface area contributed by atoms with Gasteiger partial charge in [-0.2, -0.15) is 0 Å². The molecule has 1 aliphatic heterocycles. The Morgan fingerprint density at radius 2 is 1.53 bits per heavy atom. The first kappa shape index (κ1) is 29.5. The number of phenolic OH excluding ortho intramolecular Hbond substituents is 1. The molecule has 0 saturated heterocycles. The molecule has 4 aromatic carbocycles. The maximum absolute atomic E-state index is 14.9. The van der Waals surface area contributed by atoms with Crippen LogP contribution in [0.4, 0.5) is 0 Å². The first-order chi connectivity index (χ1) is 20.8. The van der Waals surface area contributed by atoms with E-state index in [4.69, 9.17) is 23.2 Å². The SMILES string of the molecule is C=C[C@@H](C(=O)N(Cc1cc(C)c(O)c(C)c1)C1Cc2ccccc2C1)N1CCc2ccccc2[C@@H]1c1c(Cl)cccc1Cl. The molecule has 0 saturated carbocycles. The highest BCUT2D eigenvalue weighted by Gasteiger charge is 2.41. The third-order valence-corrected chi connectivity index (χ3v) is 9.74. The molecule has 43 heavy (non-hydrogen) atoms. The van der Waals surface area contributed by atoms with Gasteiger partial charge in [-0.15, -0.1) is 6.58 Å². The summed E-state index contributed by atoms with van der Waals surface area (Å²) >= 11 is 13.7. The Labute approximate surface area is 264 Å². The van der Waals surface area contributed by atoms with E-state index in [1.54, 1.807) is 6.08 Å². The highest BCUT2D eigenvalue weighted by molar-refractivity contribution is 6.36. The van der Waals surface area contributed by atoms with Crippen molar-refractivity contribution in [2.75, 3.05) is 6.54 Å². The number of amides is 1. The second-order valence-corrected chi connectivity index (χ2v) is 12.6. The third-order valence-electron chi connectivity index (χ3n) is 9.08. The largest absolute Gasteiger partial charge is 0.507 e. The lowest BCUT2D eigenvalue weighted by Gasteiger charge is -2.43. The van der Waals surface area contributed by atoms with Gasteiger partial charge in [-0.3, -0.25) is 9.69 Å². The molecule has 0 radical (unpaired) electrons. The number of aryl methyl sites for hydroxylation is 2. The molecule has 4 aromatic rings. The molecule has 1 N–H and O–H groups in total. The normalized spacial score (nSPS) is 17.3. The van der Waals surface area contributed by atoms with Crippen molar-refractivity contribution >= 4 is 29.1 Å². The van der Waals surface area contributed by atoms with Gasteiger partial charge in [0, 0.05) is 34.7 Å². The average Bonchev–Trinajstić information content (AvgIpc) is 3.43. The molecule has 0 bridgehead atoms. The van der Waals surface area contributed by atoms with Crippen molar-refractivity contribution < 1.29 is 9.90 Å². The van der Waals surface area contributed by atoms with Crippen LogP contribution in [-0.4, -0.2) is 39.4 Å². The van der Waals surface area contributed by atoms with Crippen LogP contribution in [0.5, 0.6) is 5.75 Å². The summed E-state index contributed by atoms with van der Waals surface area (Å²) in [6.45, 7) is 9.09. The van der Waals surface area contributed by atoms with Crippen LogP contribution in [0, 0.1) is 13.8 Å². The van der Waals surface area contributed by atoms with Crippen LogP contribution in [-0.2, 0) is 30.6 Å². The van der Waals surface area contributed by atoms with Crippen molar-refractivity contribution in [3.63, 3.8) is 0 Å². The second-order valence-electron chi connectivity index (χ2n) is 11.8. The average molecular weight is 612 g/mol. The fourth-order valence-corrected chi connectivity index (χ4v) is 7.61. The molecule has 0 unspecified atom stereocenters. The molecular formula is C37H36Cl2N2O2. The van der Waals surface area contributed by atoms with Crippen molar-refractivity contribution in [1.82, 2.24) is 9.80 Å². The lowest BCUT2D eigenvalue weighted by molar-refractivity contribution is -0.139. The van der Waals surface area contributed by atoms with Gasteiger partial charge in [-0.05, 0) is 84.2 Å². The molecule has 4 nitrogen and oxygen atoms in total. The smallest absolute Gasteiger partial charge is 0.244 e. The van der Waals surface area contributed by atoms with Crippen LogP contribution in [0.25, 0.3) is 0 Å². The number of carbonyl (C=O) groups excluding carboxylic acids is 1. The summed E-state index contributed by atoms with van der Waals surface area (Å²) in [5, 5.41) is 11.6. The zero-order valence-corrected chi connectivity index (χ0v) is 26.1.